The van der Waals surface area contributed by atoms with Crippen LogP contribution >= 0.6 is 23.1 Å². The van der Waals surface area contributed by atoms with E-state index in [4.69, 9.17) is 9.72 Å². The van der Waals surface area contributed by atoms with Gasteiger partial charge in [0.2, 0.25) is 0 Å². The van der Waals surface area contributed by atoms with Crippen molar-refractivity contribution >= 4 is 34.8 Å². The van der Waals surface area contributed by atoms with Gasteiger partial charge in [-0.3, -0.25) is 9.08 Å². The number of aryl methyl sites for hydroxylation is 1. The molecule has 0 aromatic carbocycles. The van der Waals surface area contributed by atoms with E-state index in [0.717, 1.165) is 38.1 Å². The maximum Gasteiger partial charge on any atom is 0.407 e. The number of nitrogens with one attached hydrogen (secondary N) is 1. The first-order valence-electron chi connectivity index (χ1n) is 9.70. The predicted molar refractivity (Wildman–Crippen MR) is 123 cm³/mol. The summed E-state index contributed by atoms with van der Waals surface area (Å²) in [7, 11) is 1.89. The Hall–Kier alpha value is -2.85. The van der Waals surface area contributed by atoms with Crippen LogP contribution in [0, 0.1) is 0 Å². The molecule has 0 atom stereocenters. The number of aromatic nitrogens is 5. The lowest BCUT2D eigenvalue weighted by atomic mass is 10.2. The van der Waals surface area contributed by atoms with E-state index >= 15 is 0 Å². The van der Waals surface area contributed by atoms with Gasteiger partial charge in [0.25, 0.3) is 0 Å². The largest absolute Gasteiger partial charge is 0.444 e. The van der Waals surface area contributed by atoms with Crippen molar-refractivity contribution in [3.8, 4) is 21.8 Å². The van der Waals surface area contributed by atoms with Crippen molar-refractivity contribution in [2.24, 2.45) is 7.05 Å². The maximum absolute atomic E-state index is 12.1. The van der Waals surface area contributed by atoms with Gasteiger partial charge in [0.05, 0.1) is 28.7 Å². The Balaban J connectivity index is 1.69. The second-order valence-corrected chi connectivity index (χ2v) is 9.72. The number of hydrogen-bond donors (Lipinski definition) is 1. The van der Waals surface area contributed by atoms with Gasteiger partial charge >= 0.3 is 6.09 Å². The number of hydrogen-bond acceptors (Lipinski definition) is 7. The maximum atomic E-state index is 12.1. The Kier molecular flexibility index (Phi) is 5.76. The molecule has 0 radical (unpaired) electrons. The van der Waals surface area contributed by atoms with Gasteiger partial charge in [0.15, 0.2) is 5.65 Å². The summed E-state index contributed by atoms with van der Waals surface area (Å²) in [4.78, 5) is 22.5. The quantitative estimate of drug-likeness (QED) is 0.442. The molecular formula is C21H24N6O2S2. The molecule has 0 fully saturated rings. The second kappa shape index (κ2) is 8.35. The molecule has 10 heteroatoms. The molecule has 1 amide bonds. The van der Waals surface area contributed by atoms with E-state index in [-0.39, 0.29) is 0 Å². The van der Waals surface area contributed by atoms with Crippen LogP contribution in [0.25, 0.3) is 27.5 Å². The minimum Gasteiger partial charge on any atom is -0.444 e. The average molecular weight is 457 g/mol. The topological polar surface area (TPSA) is 86.3 Å². The molecule has 0 aliphatic carbocycles. The first-order valence-corrected chi connectivity index (χ1v) is 11.8. The smallest absolute Gasteiger partial charge is 0.407 e. The van der Waals surface area contributed by atoms with E-state index in [0.29, 0.717) is 6.54 Å². The lowest BCUT2D eigenvalue weighted by Gasteiger charge is -2.19. The lowest BCUT2D eigenvalue weighted by molar-refractivity contribution is 0.0523. The number of ether oxygens (including phenoxy) is 1. The summed E-state index contributed by atoms with van der Waals surface area (Å²) in [5.74, 6) is 0. The number of amides is 1. The molecule has 0 unspecified atom stereocenters. The van der Waals surface area contributed by atoms with E-state index in [1.54, 1.807) is 27.8 Å². The number of rotatable bonds is 5. The molecule has 0 aliphatic rings. The van der Waals surface area contributed by atoms with Crippen LogP contribution < -0.4 is 5.32 Å². The summed E-state index contributed by atoms with van der Waals surface area (Å²) in [5, 5.41) is 9.96. The number of alkyl carbamates (subject to hydrolysis) is 1. The molecule has 1 N–H and O–H groups in total. The van der Waals surface area contributed by atoms with Crippen LogP contribution in [0.2, 0.25) is 0 Å². The minimum atomic E-state index is -0.536. The van der Waals surface area contributed by atoms with Crippen molar-refractivity contribution in [2.45, 2.75) is 37.9 Å². The monoisotopic (exact) mass is 456 g/mol. The summed E-state index contributed by atoms with van der Waals surface area (Å²) < 4.78 is 9.17. The molecule has 0 saturated heterocycles. The molecule has 162 valence electrons. The Morgan fingerprint density at radius 2 is 2.10 bits per heavy atom. The van der Waals surface area contributed by atoms with Crippen LogP contribution in [0.1, 0.15) is 26.3 Å². The van der Waals surface area contributed by atoms with Gasteiger partial charge in [-0.05, 0) is 44.0 Å². The zero-order valence-electron chi connectivity index (χ0n) is 18.0. The fraction of sp³-hybridized carbons (Fsp3) is 0.333. The van der Waals surface area contributed by atoms with Gasteiger partial charge in [-0.2, -0.15) is 5.10 Å². The highest BCUT2D eigenvalue weighted by Gasteiger charge is 2.19. The molecule has 4 aromatic heterocycles. The van der Waals surface area contributed by atoms with Crippen LogP contribution in [0.15, 0.2) is 41.3 Å². The SMILES string of the molecule is CSc1nc(-c2sccc2CNC(=O)OC(C)(C)C)cn2c(-c3cnn(C)c3)cnc12. The highest BCUT2D eigenvalue weighted by Crippen LogP contribution is 2.33. The average Bonchev–Trinajstić information content (AvgIpc) is 3.43. The third kappa shape index (κ3) is 4.59. The van der Waals surface area contributed by atoms with Crippen molar-refractivity contribution in [1.82, 2.24) is 29.5 Å². The van der Waals surface area contributed by atoms with Crippen molar-refractivity contribution in [3.63, 3.8) is 0 Å². The van der Waals surface area contributed by atoms with Crippen molar-refractivity contribution < 1.29 is 9.53 Å². The Morgan fingerprint density at radius 1 is 1.29 bits per heavy atom. The van der Waals surface area contributed by atoms with Gasteiger partial charge in [-0.1, -0.05) is 0 Å². The summed E-state index contributed by atoms with van der Waals surface area (Å²) in [5.41, 5.74) is 4.02. The number of imidazole rings is 1. The summed E-state index contributed by atoms with van der Waals surface area (Å²) in [6.07, 6.45) is 9.17. The van der Waals surface area contributed by atoms with E-state index in [1.807, 2.05) is 70.3 Å². The Bertz CT molecular complexity index is 1230. The molecular weight excluding hydrogens is 432 g/mol. The highest BCUT2D eigenvalue weighted by molar-refractivity contribution is 7.98. The number of thioether (sulfide) groups is 1. The molecule has 4 aromatic rings. The van der Waals surface area contributed by atoms with E-state index < -0.39 is 11.7 Å². The first kappa shape index (κ1) is 21.4. The van der Waals surface area contributed by atoms with Gasteiger partial charge in [0, 0.05) is 31.5 Å². The molecule has 4 rings (SSSR count). The van der Waals surface area contributed by atoms with E-state index in [1.165, 1.54) is 0 Å². The zero-order valence-corrected chi connectivity index (χ0v) is 19.7. The fourth-order valence-corrected chi connectivity index (χ4v) is 4.56. The molecule has 8 nitrogen and oxygen atoms in total. The highest BCUT2D eigenvalue weighted by atomic mass is 32.2. The van der Waals surface area contributed by atoms with E-state index in [9.17, 15) is 4.79 Å². The van der Waals surface area contributed by atoms with Gasteiger partial charge in [-0.15, -0.1) is 23.1 Å². The summed E-state index contributed by atoms with van der Waals surface area (Å²) >= 11 is 3.14. The predicted octanol–water partition coefficient (Wildman–Crippen LogP) is 4.60. The molecule has 31 heavy (non-hydrogen) atoms. The number of carbonyl (C=O) groups is 1. The number of carbonyl (C=O) groups excluding carboxylic acids is 1. The summed E-state index contributed by atoms with van der Waals surface area (Å²) in [6, 6.07) is 2.00. The van der Waals surface area contributed by atoms with Crippen LogP contribution in [0.5, 0.6) is 0 Å². The molecule has 4 heterocycles. The van der Waals surface area contributed by atoms with Gasteiger partial charge in [0.1, 0.15) is 10.6 Å². The molecule has 0 bridgehead atoms. The van der Waals surface area contributed by atoms with Crippen LogP contribution in [-0.2, 0) is 18.3 Å². The number of fused-ring (bicyclic) bond motifs is 1. The van der Waals surface area contributed by atoms with Crippen LogP contribution in [0.3, 0.4) is 0 Å². The second-order valence-electron chi connectivity index (χ2n) is 8.01. The van der Waals surface area contributed by atoms with E-state index in [2.05, 4.69) is 19.8 Å². The third-order valence-electron chi connectivity index (χ3n) is 4.46. The van der Waals surface area contributed by atoms with Crippen molar-refractivity contribution in [2.75, 3.05) is 6.26 Å². The van der Waals surface area contributed by atoms with Crippen LogP contribution in [-0.4, -0.2) is 42.1 Å². The van der Waals surface area contributed by atoms with Gasteiger partial charge < -0.3 is 10.1 Å². The molecule has 0 spiro atoms. The zero-order chi connectivity index (χ0) is 22.2. The molecule has 0 saturated carbocycles. The van der Waals surface area contributed by atoms with Crippen LogP contribution in [0.4, 0.5) is 4.79 Å². The third-order valence-corrected chi connectivity index (χ3v) is 6.10. The summed E-state index contributed by atoms with van der Waals surface area (Å²) in [6.45, 7) is 5.89. The Labute approximate surface area is 188 Å². The first-order chi connectivity index (χ1) is 14.7. The fourth-order valence-electron chi connectivity index (χ4n) is 3.15. The minimum absolute atomic E-state index is 0.363. The normalized spacial score (nSPS) is 11.8. The number of thiophene rings is 1. The standard InChI is InChI=1S/C21H24N6O2S2/c1-21(2,3)29-20(28)23-8-13-6-7-31-17(13)15-12-27-16(14-9-24-26(4)11-14)10-22-18(27)19(25-15)30-5/h6-7,9-12H,8H2,1-5H3,(H,23,28). The Morgan fingerprint density at radius 3 is 2.77 bits per heavy atom. The van der Waals surface area contributed by atoms with Crippen molar-refractivity contribution in [1.29, 1.82) is 0 Å². The number of nitrogens with zero attached hydrogens (tertiary/aromatic N) is 5. The molecule has 0 aliphatic heterocycles. The lowest BCUT2D eigenvalue weighted by Crippen LogP contribution is -2.32. The van der Waals surface area contributed by atoms with Gasteiger partial charge in [-0.25, -0.2) is 14.8 Å². The van der Waals surface area contributed by atoms with Crippen molar-refractivity contribution in [3.05, 3.63) is 41.8 Å².